The third-order valence-electron chi connectivity index (χ3n) is 4.37. The molecule has 144 valence electrons. The van der Waals surface area contributed by atoms with Crippen LogP contribution in [0.2, 0.25) is 0 Å². The Morgan fingerprint density at radius 3 is 3.00 bits per heavy atom. The number of aliphatic hydroxyl groups excluding tert-OH is 1. The van der Waals surface area contributed by atoms with Gasteiger partial charge in [-0.05, 0) is 0 Å². The first-order valence-electron chi connectivity index (χ1n) is 8.92. The van der Waals surface area contributed by atoms with Crippen molar-refractivity contribution in [3.05, 3.63) is 58.2 Å². The maximum absolute atomic E-state index is 12.4. The number of aliphatic hydroxyl groups is 1. The van der Waals surface area contributed by atoms with Crippen LogP contribution in [0.25, 0.3) is 11.3 Å². The minimum absolute atomic E-state index is 0.156. The van der Waals surface area contributed by atoms with Crippen LogP contribution < -0.4 is 10.6 Å². The van der Waals surface area contributed by atoms with Gasteiger partial charge in [0, 0.05) is 36.5 Å². The van der Waals surface area contributed by atoms with Crippen molar-refractivity contribution >= 4 is 23.2 Å². The zero-order valence-corrected chi connectivity index (χ0v) is 15.8. The lowest BCUT2D eigenvalue weighted by Crippen LogP contribution is -2.30. The number of thiazole rings is 1. The Morgan fingerprint density at radius 2 is 2.18 bits per heavy atom. The summed E-state index contributed by atoms with van der Waals surface area (Å²) in [6, 6.07) is 11.4. The second-order valence-electron chi connectivity index (χ2n) is 6.46. The maximum Gasteiger partial charge on any atom is 0.271 e. The van der Waals surface area contributed by atoms with E-state index >= 15 is 0 Å². The summed E-state index contributed by atoms with van der Waals surface area (Å²) in [6.45, 7) is 0.753. The van der Waals surface area contributed by atoms with E-state index in [1.807, 2.05) is 35.7 Å². The summed E-state index contributed by atoms with van der Waals surface area (Å²) in [5, 5.41) is 22.3. The third kappa shape index (κ3) is 3.95. The molecule has 4 rings (SSSR count). The number of nitrogens with one attached hydrogen (secondary N) is 2. The van der Waals surface area contributed by atoms with Crippen molar-refractivity contribution in [1.29, 1.82) is 0 Å². The average molecular weight is 397 g/mol. The van der Waals surface area contributed by atoms with Crippen LogP contribution in [0.5, 0.6) is 0 Å². The molecular formula is C19H19N5O3S. The number of fused-ring (bicyclic) bond motifs is 1. The van der Waals surface area contributed by atoms with Crippen LogP contribution in [-0.4, -0.2) is 50.9 Å². The number of carbonyl (C=O) groups is 2. The molecule has 0 saturated heterocycles. The first-order chi connectivity index (χ1) is 13.6. The maximum atomic E-state index is 12.4. The fraction of sp³-hybridized carbons (Fsp3) is 0.263. The van der Waals surface area contributed by atoms with Crippen molar-refractivity contribution < 1.29 is 14.7 Å². The minimum atomic E-state index is -0.732. The summed E-state index contributed by atoms with van der Waals surface area (Å²) in [4.78, 5) is 28.9. The Bertz CT molecular complexity index is 998. The van der Waals surface area contributed by atoms with E-state index in [4.69, 9.17) is 0 Å². The van der Waals surface area contributed by atoms with Crippen molar-refractivity contribution in [1.82, 2.24) is 25.4 Å². The zero-order chi connectivity index (χ0) is 19.5. The van der Waals surface area contributed by atoms with E-state index in [-0.39, 0.29) is 36.3 Å². The highest BCUT2D eigenvalue weighted by molar-refractivity contribution is 7.09. The highest BCUT2D eigenvalue weighted by Gasteiger charge is 2.24. The normalized spacial score (nSPS) is 16.2. The molecule has 1 aliphatic heterocycles. The highest BCUT2D eigenvalue weighted by Crippen LogP contribution is 2.21. The van der Waals surface area contributed by atoms with Crippen molar-refractivity contribution in [2.24, 2.45) is 0 Å². The van der Waals surface area contributed by atoms with E-state index in [0.29, 0.717) is 13.0 Å². The van der Waals surface area contributed by atoms with E-state index in [1.165, 1.54) is 10.7 Å². The molecule has 0 bridgehead atoms. The predicted octanol–water partition coefficient (Wildman–Crippen LogP) is 1.08. The van der Waals surface area contributed by atoms with E-state index in [0.717, 1.165) is 16.3 Å². The molecule has 28 heavy (non-hydrogen) atoms. The van der Waals surface area contributed by atoms with Crippen molar-refractivity contribution in [2.75, 3.05) is 13.1 Å². The smallest absolute Gasteiger partial charge is 0.271 e. The van der Waals surface area contributed by atoms with Gasteiger partial charge in [-0.15, -0.1) is 11.3 Å². The predicted molar refractivity (Wildman–Crippen MR) is 104 cm³/mol. The van der Waals surface area contributed by atoms with Crippen LogP contribution >= 0.6 is 11.3 Å². The molecule has 2 aromatic heterocycles. The van der Waals surface area contributed by atoms with Crippen LogP contribution in [0.1, 0.15) is 26.0 Å². The Labute approximate surface area is 165 Å². The molecule has 9 heteroatoms. The van der Waals surface area contributed by atoms with Gasteiger partial charge in [-0.1, -0.05) is 30.3 Å². The van der Waals surface area contributed by atoms with Gasteiger partial charge in [0.05, 0.1) is 23.4 Å². The van der Waals surface area contributed by atoms with E-state index in [1.54, 1.807) is 11.3 Å². The summed E-state index contributed by atoms with van der Waals surface area (Å²) in [5.74, 6) is -0.706. The molecule has 3 heterocycles. The fourth-order valence-corrected chi connectivity index (χ4v) is 3.76. The van der Waals surface area contributed by atoms with Crippen LogP contribution in [0.4, 0.5) is 0 Å². The molecule has 3 aromatic rings. The first-order valence-corrected chi connectivity index (χ1v) is 9.80. The number of β-amino-alcohol motifs (C(OH)–C–C–N with tert-alkyl or cyclic N) is 1. The topological polar surface area (TPSA) is 109 Å². The molecule has 0 radical (unpaired) electrons. The quantitative estimate of drug-likeness (QED) is 0.597. The highest BCUT2D eigenvalue weighted by atomic mass is 32.1. The molecule has 0 aliphatic carbocycles. The molecule has 3 N–H and O–H groups in total. The van der Waals surface area contributed by atoms with E-state index < -0.39 is 6.10 Å². The van der Waals surface area contributed by atoms with Crippen molar-refractivity contribution in [3.8, 4) is 11.3 Å². The molecule has 0 saturated carbocycles. The van der Waals surface area contributed by atoms with Crippen molar-refractivity contribution in [3.63, 3.8) is 0 Å². The zero-order valence-electron chi connectivity index (χ0n) is 15.0. The summed E-state index contributed by atoms with van der Waals surface area (Å²) >= 11 is 1.55. The number of nitrogens with zero attached hydrogens (tertiary/aromatic N) is 3. The van der Waals surface area contributed by atoms with Gasteiger partial charge in [0.1, 0.15) is 5.69 Å². The molecule has 2 amide bonds. The summed E-state index contributed by atoms with van der Waals surface area (Å²) in [7, 11) is 0. The molecular weight excluding hydrogens is 378 g/mol. The summed E-state index contributed by atoms with van der Waals surface area (Å²) in [5.41, 5.74) is 2.42. The lowest BCUT2D eigenvalue weighted by atomic mass is 10.2. The Kier molecular flexibility index (Phi) is 5.18. The molecule has 1 aromatic carbocycles. The number of hydrogen-bond donors (Lipinski definition) is 3. The standard InChI is InChI=1S/C19H19N5O3S/c25-13-9-21-19(27)16-8-14(23-24(16)10-13)18(26)20-7-6-17-22-15(11-28-17)12-4-2-1-3-5-12/h1-5,8,11,13,25H,6-7,9-10H2,(H,20,26)(H,21,27). The van der Waals surface area contributed by atoms with E-state index in [9.17, 15) is 14.7 Å². The van der Waals surface area contributed by atoms with Gasteiger partial charge in [0.25, 0.3) is 11.8 Å². The number of amides is 2. The molecule has 1 atom stereocenters. The molecule has 0 spiro atoms. The van der Waals surface area contributed by atoms with Crippen LogP contribution in [0, 0.1) is 0 Å². The van der Waals surface area contributed by atoms with Crippen molar-refractivity contribution in [2.45, 2.75) is 19.1 Å². The second kappa shape index (κ2) is 7.91. The average Bonchev–Trinajstić information content (AvgIpc) is 3.31. The van der Waals surface area contributed by atoms with Crippen LogP contribution in [-0.2, 0) is 13.0 Å². The van der Waals surface area contributed by atoms with Gasteiger partial charge >= 0.3 is 0 Å². The Morgan fingerprint density at radius 1 is 1.36 bits per heavy atom. The monoisotopic (exact) mass is 397 g/mol. The Hall–Kier alpha value is -3.04. The summed E-state index contributed by atoms with van der Waals surface area (Å²) < 4.78 is 1.37. The minimum Gasteiger partial charge on any atom is -0.389 e. The van der Waals surface area contributed by atoms with Gasteiger partial charge in [0.15, 0.2) is 5.69 Å². The van der Waals surface area contributed by atoms with Gasteiger partial charge < -0.3 is 15.7 Å². The lowest BCUT2D eigenvalue weighted by Gasteiger charge is -2.06. The number of rotatable bonds is 5. The van der Waals surface area contributed by atoms with Crippen LogP contribution in [0.3, 0.4) is 0 Å². The first kappa shape index (κ1) is 18.3. The SMILES string of the molecule is O=C(NCCc1nc(-c2ccccc2)cs1)c1cc2n(n1)CC(O)CNC2=O. The van der Waals surface area contributed by atoms with E-state index in [2.05, 4.69) is 20.7 Å². The molecule has 1 unspecified atom stereocenters. The Balaban J connectivity index is 1.35. The van der Waals surface area contributed by atoms with Gasteiger partial charge in [-0.25, -0.2) is 4.98 Å². The number of aromatic nitrogens is 3. The molecule has 1 aliphatic rings. The van der Waals surface area contributed by atoms with Gasteiger partial charge in [-0.2, -0.15) is 5.10 Å². The lowest BCUT2D eigenvalue weighted by molar-refractivity contribution is 0.0931. The number of benzene rings is 1. The number of hydrogen-bond acceptors (Lipinski definition) is 6. The second-order valence-corrected chi connectivity index (χ2v) is 7.40. The molecule has 0 fully saturated rings. The van der Waals surface area contributed by atoms with Gasteiger partial charge in [-0.3, -0.25) is 14.3 Å². The number of carbonyl (C=O) groups excluding carboxylic acids is 2. The largest absolute Gasteiger partial charge is 0.389 e. The van der Waals surface area contributed by atoms with Gasteiger partial charge in [0.2, 0.25) is 0 Å². The third-order valence-corrected chi connectivity index (χ3v) is 5.28. The fourth-order valence-electron chi connectivity index (χ4n) is 2.96. The van der Waals surface area contributed by atoms with Crippen LogP contribution in [0.15, 0.2) is 41.8 Å². The molecule has 8 nitrogen and oxygen atoms in total. The summed E-state index contributed by atoms with van der Waals surface area (Å²) in [6.07, 6.45) is -0.125.